The van der Waals surface area contributed by atoms with Gasteiger partial charge in [0.15, 0.2) is 17.6 Å². The standard InChI is InChI=1S/C20H28N2O5/c1-4-20(9-5-6-10-20)22-19(24)18-17(21-16(23)12-27-18)13-7-8-14(25-2)15(11-13)26-3/h7-8,11,17-18H,4-6,9-10,12H2,1-3H3,(H,21,23)(H,22,24)/t17-,18+/m1/s1. The maximum atomic E-state index is 13.0. The second kappa shape index (κ2) is 8.17. The third-order valence-corrected chi connectivity index (χ3v) is 5.66. The predicted molar refractivity (Wildman–Crippen MR) is 99.8 cm³/mol. The first-order chi connectivity index (χ1) is 13.0. The highest BCUT2D eigenvalue weighted by molar-refractivity contribution is 5.86. The van der Waals surface area contributed by atoms with Gasteiger partial charge in [-0.1, -0.05) is 25.8 Å². The van der Waals surface area contributed by atoms with E-state index in [0.717, 1.165) is 37.7 Å². The Hall–Kier alpha value is -2.28. The van der Waals surface area contributed by atoms with Crippen molar-refractivity contribution >= 4 is 11.8 Å². The third kappa shape index (κ3) is 4.03. The van der Waals surface area contributed by atoms with Crippen LogP contribution in [0.25, 0.3) is 0 Å². The van der Waals surface area contributed by atoms with Gasteiger partial charge in [-0.3, -0.25) is 9.59 Å². The summed E-state index contributed by atoms with van der Waals surface area (Å²) in [7, 11) is 3.11. The zero-order valence-electron chi connectivity index (χ0n) is 16.2. The molecule has 1 aliphatic heterocycles. The smallest absolute Gasteiger partial charge is 0.252 e. The van der Waals surface area contributed by atoms with Crippen molar-refractivity contribution in [1.82, 2.24) is 10.6 Å². The summed E-state index contributed by atoms with van der Waals surface area (Å²) in [5, 5.41) is 6.09. The monoisotopic (exact) mass is 376 g/mol. The summed E-state index contributed by atoms with van der Waals surface area (Å²) >= 11 is 0. The summed E-state index contributed by atoms with van der Waals surface area (Å²) in [5.74, 6) is 0.694. The minimum absolute atomic E-state index is 0.124. The fourth-order valence-corrected chi connectivity index (χ4v) is 4.04. The number of methoxy groups -OCH3 is 2. The van der Waals surface area contributed by atoms with Crippen LogP contribution in [0.15, 0.2) is 18.2 Å². The zero-order valence-corrected chi connectivity index (χ0v) is 16.2. The van der Waals surface area contributed by atoms with Crippen LogP contribution in [-0.4, -0.2) is 44.3 Å². The van der Waals surface area contributed by atoms with Crippen molar-refractivity contribution in [3.05, 3.63) is 23.8 Å². The number of rotatable bonds is 6. The number of hydrogen-bond acceptors (Lipinski definition) is 5. The van der Waals surface area contributed by atoms with E-state index in [2.05, 4.69) is 17.6 Å². The van der Waals surface area contributed by atoms with Crippen LogP contribution in [-0.2, 0) is 14.3 Å². The lowest BCUT2D eigenvalue weighted by Gasteiger charge is -2.36. The van der Waals surface area contributed by atoms with Crippen molar-refractivity contribution in [3.8, 4) is 11.5 Å². The average molecular weight is 376 g/mol. The van der Waals surface area contributed by atoms with Gasteiger partial charge >= 0.3 is 0 Å². The molecule has 1 aromatic carbocycles. The second-order valence-electron chi connectivity index (χ2n) is 7.22. The molecule has 2 atom stereocenters. The van der Waals surface area contributed by atoms with E-state index in [9.17, 15) is 9.59 Å². The van der Waals surface area contributed by atoms with Crippen molar-refractivity contribution < 1.29 is 23.8 Å². The highest BCUT2D eigenvalue weighted by Gasteiger charge is 2.41. The summed E-state index contributed by atoms with van der Waals surface area (Å²) in [6.07, 6.45) is 4.30. The molecule has 0 unspecified atom stereocenters. The van der Waals surface area contributed by atoms with Gasteiger partial charge in [0.05, 0.1) is 20.3 Å². The van der Waals surface area contributed by atoms with Crippen LogP contribution >= 0.6 is 0 Å². The Kier molecular flexibility index (Phi) is 5.89. The third-order valence-electron chi connectivity index (χ3n) is 5.66. The van der Waals surface area contributed by atoms with E-state index in [0.29, 0.717) is 11.5 Å². The van der Waals surface area contributed by atoms with Crippen LogP contribution in [0.3, 0.4) is 0 Å². The van der Waals surface area contributed by atoms with Gasteiger partial charge in [0.1, 0.15) is 6.61 Å². The van der Waals surface area contributed by atoms with Gasteiger partial charge in [0.2, 0.25) is 5.91 Å². The molecule has 2 aliphatic rings. The summed E-state index contributed by atoms with van der Waals surface area (Å²) in [5.41, 5.74) is 0.571. The lowest BCUT2D eigenvalue weighted by atomic mass is 9.92. The van der Waals surface area contributed by atoms with Gasteiger partial charge < -0.3 is 24.8 Å². The summed E-state index contributed by atoms with van der Waals surface area (Å²) in [6, 6.07) is 4.76. The molecule has 2 amide bonds. The first kappa shape index (κ1) is 19.5. The molecule has 7 nitrogen and oxygen atoms in total. The number of nitrogens with one attached hydrogen (secondary N) is 2. The van der Waals surface area contributed by atoms with Crippen molar-refractivity contribution in [2.75, 3.05) is 20.8 Å². The molecule has 0 spiro atoms. The number of benzene rings is 1. The Labute approximate surface area is 159 Å². The molecule has 148 valence electrons. The minimum atomic E-state index is -0.787. The van der Waals surface area contributed by atoms with E-state index in [-0.39, 0.29) is 24.0 Å². The summed E-state index contributed by atoms with van der Waals surface area (Å²) in [4.78, 5) is 25.0. The van der Waals surface area contributed by atoms with E-state index >= 15 is 0 Å². The maximum absolute atomic E-state index is 13.0. The number of ether oxygens (including phenoxy) is 3. The van der Waals surface area contributed by atoms with Gasteiger partial charge in [-0.05, 0) is 37.0 Å². The Morgan fingerprint density at radius 2 is 1.96 bits per heavy atom. The number of hydrogen-bond donors (Lipinski definition) is 2. The Morgan fingerprint density at radius 3 is 2.59 bits per heavy atom. The van der Waals surface area contributed by atoms with Gasteiger partial charge in [-0.2, -0.15) is 0 Å². The first-order valence-corrected chi connectivity index (χ1v) is 9.47. The lowest BCUT2D eigenvalue weighted by Crippen LogP contribution is -2.56. The predicted octanol–water partition coefficient (Wildman–Crippen LogP) is 2.10. The quantitative estimate of drug-likeness (QED) is 0.794. The lowest BCUT2D eigenvalue weighted by molar-refractivity contribution is -0.149. The molecule has 0 aromatic heterocycles. The van der Waals surface area contributed by atoms with E-state index in [1.165, 1.54) is 0 Å². The number of morpholine rings is 1. The molecule has 1 heterocycles. The normalized spacial score (nSPS) is 24.2. The van der Waals surface area contributed by atoms with E-state index in [1.807, 2.05) is 6.07 Å². The molecule has 0 radical (unpaired) electrons. The average Bonchev–Trinajstić information content (AvgIpc) is 3.16. The molecular formula is C20H28N2O5. The fourth-order valence-electron chi connectivity index (χ4n) is 4.04. The molecule has 1 aliphatic carbocycles. The maximum Gasteiger partial charge on any atom is 0.252 e. The molecule has 7 heteroatoms. The Bertz CT molecular complexity index is 700. The molecule has 1 saturated heterocycles. The van der Waals surface area contributed by atoms with Crippen LogP contribution in [0.2, 0.25) is 0 Å². The number of carbonyl (C=O) groups excluding carboxylic acids is 2. The summed E-state index contributed by atoms with van der Waals surface area (Å²) < 4.78 is 16.3. The van der Waals surface area contributed by atoms with Gasteiger partial charge in [-0.25, -0.2) is 0 Å². The van der Waals surface area contributed by atoms with Crippen LogP contribution in [0.1, 0.15) is 50.6 Å². The topological polar surface area (TPSA) is 85.9 Å². The van der Waals surface area contributed by atoms with Gasteiger partial charge in [0, 0.05) is 5.54 Å². The van der Waals surface area contributed by atoms with E-state index < -0.39 is 12.1 Å². The summed E-state index contributed by atoms with van der Waals surface area (Å²) in [6.45, 7) is 1.97. The molecule has 1 saturated carbocycles. The van der Waals surface area contributed by atoms with Crippen LogP contribution in [0.5, 0.6) is 11.5 Å². The highest BCUT2D eigenvalue weighted by atomic mass is 16.5. The van der Waals surface area contributed by atoms with Crippen molar-refractivity contribution in [3.63, 3.8) is 0 Å². The Balaban J connectivity index is 1.85. The SMILES string of the molecule is CCC1(NC(=O)[C@H]2OCC(=O)N[C@@H]2c2ccc(OC)c(OC)c2)CCCC1. The van der Waals surface area contributed by atoms with Crippen LogP contribution in [0.4, 0.5) is 0 Å². The van der Waals surface area contributed by atoms with Crippen molar-refractivity contribution in [1.29, 1.82) is 0 Å². The number of carbonyl (C=O) groups is 2. The van der Waals surface area contributed by atoms with Crippen LogP contribution in [0, 0.1) is 0 Å². The second-order valence-corrected chi connectivity index (χ2v) is 7.22. The molecule has 0 bridgehead atoms. The Morgan fingerprint density at radius 1 is 1.26 bits per heavy atom. The number of amides is 2. The van der Waals surface area contributed by atoms with E-state index in [1.54, 1.807) is 26.4 Å². The highest BCUT2D eigenvalue weighted by Crippen LogP contribution is 2.35. The van der Waals surface area contributed by atoms with Gasteiger partial charge in [0.25, 0.3) is 5.91 Å². The molecule has 2 N–H and O–H groups in total. The fraction of sp³-hybridized carbons (Fsp3) is 0.600. The van der Waals surface area contributed by atoms with E-state index in [4.69, 9.17) is 14.2 Å². The van der Waals surface area contributed by atoms with Gasteiger partial charge in [-0.15, -0.1) is 0 Å². The first-order valence-electron chi connectivity index (χ1n) is 9.47. The minimum Gasteiger partial charge on any atom is -0.493 e. The molecule has 2 fully saturated rings. The van der Waals surface area contributed by atoms with Crippen molar-refractivity contribution in [2.24, 2.45) is 0 Å². The van der Waals surface area contributed by atoms with Crippen molar-refractivity contribution in [2.45, 2.75) is 56.7 Å². The van der Waals surface area contributed by atoms with Crippen LogP contribution < -0.4 is 20.1 Å². The molecule has 27 heavy (non-hydrogen) atoms. The molecule has 3 rings (SSSR count). The zero-order chi connectivity index (χ0) is 19.4. The molecule has 1 aromatic rings. The largest absolute Gasteiger partial charge is 0.493 e. The molecular weight excluding hydrogens is 348 g/mol.